The average molecular weight is 578 g/mol. The fourth-order valence-corrected chi connectivity index (χ4v) is 6.19. The SMILES string of the molecule is CCN(CC)c1ccc(N2CCN(CC3(C)CCc4c(C)c(O)c(C)c(C)c4O3)CC2)nc1N(CC)CC.Cl.O. The maximum Gasteiger partial charge on any atom is 0.154 e. The lowest BCUT2D eigenvalue weighted by Gasteiger charge is -2.43. The molecule has 0 aliphatic carbocycles. The fraction of sp³-hybridized carbons (Fsp3) is 0.645. The van der Waals surface area contributed by atoms with Gasteiger partial charge in [-0.05, 0) is 97.1 Å². The molecule has 0 radical (unpaired) electrons. The van der Waals surface area contributed by atoms with Crippen molar-refractivity contribution >= 4 is 29.7 Å². The minimum Gasteiger partial charge on any atom is -0.507 e. The second kappa shape index (κ2) is 14.0. The van der Waals surface area contributed by atoms with Gasteiger partial charge in [0.25, 0.3) is 0 Å². The maximum absolute atomic E-state index is 10.5. The van der Waals surface area contributed by atoms with Gasteiger partial charge in [-0.3, -0.25) is 4.90 Å². The smallest absolute Gasteiger partial charge is 0.154 e. The van der Waals surface area contributed by atoms with Crippen LogP contribution in [0.5, 0.6) is 11.5 Å². The molecule has 0 bridgehead atoms. The summed E-state index contributed by atoms with van der Waals surface area (Å²) in [5, 5.41) is 10.5. The molecular formula is C31H52ClN5O3. The van der Waals surface area contributed by atoms with Crippen molar-refractivity contribution in [2.24, 2.45) is 0 Å². The molecule has 3 N–H and O–H groups in total. The van der Waals surface area contributed by atoms with E-state index in [0.29, 0.717) is 5.75 Å². The number of hydrogen-bond acceptors (Lipinski definition) is 7. The Morgan fingerprint density at radius 3 is 2.08 bits per heavy atom. The molecule has 1 saturated heterocycles. The van der Waals surface area contributed by atoms with E-state index >= 15 is 0 Å². The molecule has 0 amide bonds. The third kappa shape index (κ3) is 6.55. The average Bonchev–Trinajstić information content (AvgIpc) is 2.93. The monoisotopic (exact) mass is 577 g/mol. The second-order valence-corrected chi connectivity index (χ2v) is 11.2. The van der Waals surface area contributed by atoms with E-state index in [4.69, 9.17) is 9.72 Å². The summed E-state index contributed by atoms with van der Waals surface area (Å²) in [5.41, 5.74) is 5.16. The molecule has 2 aromatic rings. The van der Waals surface area contributed by atoms with Crippen LogP contribution in [0.2, 0.25) is 0 Å². The third-order valence-corrected chi connectivity index (χ3v) is 8.85. The van der Waals surface area contributed by atoms with Crippen LogP contribution in [0, 0.1) is 20.8 Å². The number of phenolic OH excluding ortho intramolecular Hbond substituents is 1. The van der Waals surface area contributed by atoms with Gasteiger partial charge in [-0.1, -0.05) is 0 Å². The zero-order valence-electron chi connectivity index (χ0n) is 25.9. The Hall–Kier alpha value is -2.42. The summed E-state index contributed by atoms with van der Waals surface area (Å²) in [6, 6.07) is 4.48. The van der Waals surface area contributed by atoms with Gasteiger partial charge in [0.1, 0.15) is 22.9 Å². The first-order valence-corrected chi connectivity index (χ1v) is 14.6. The number of hydrogen-bond donors (Lipinski definition) is 1. The Balaban J connectivity index is 0.00000280. The van der Waals surface area contributed by atoms with Crippen molar-refractivity contribution in [1.29, 1.82) is 0 Å². The summed E-state index contributed by atoms with van der Waals surface area (Å²) < 4.78 is 6.72. The van der Waals surface area contributed by atoms with E-state index in [1.54, 1.807) is 0 Å². The number of aromatic nitrogens is 1. The summed E-state index contributed by atoms with van der Waals surface area (Å²) in [6.07, 6.45) is 1.91. The molecule has 2 aliphatic heterocycles. The lowest BCUT2D eigenvalue weighted by molar-refractivity contribution is 0.0226. The van der Waals surface area contributed by atoms with Gasteiger partial charge >= 0.3 is 0 Å². The van der Waals surface area contributed by atoms with Gasteiger partial charge in [0.05, 0.1) is 5.69 Å². The summed E-state index contributed by atoms with van der Waals surface area (Å²) >= 11 is 0. The predicted molar refractivity (Wildman–Crippen MR) is 171 cm³/mol. The van der Waals surface area contributed by atoms with Crippen LogP contribution in [-0.2, 0) is 6.42 Å². The number of nitrogens with zero attached hydrogens (tertiary/aromatic N) is 5. The number of piperazine rings is 1. The maximum atomic E-state index is 10.5. The Labute approximate surface area is 248 Å². The molecule has 226 valence electrons. The molecule has 40 heavy (non-hydrogen) atoms. The van der Waals surface area contributed by atoms with E-state index in [1.807, 2.05) is 13.8 Å². The van der Waals surface area contributed by atoms with Crippen LogP contribution in [0.25, 0.3) is 0 Å². The van der Waals surface area contributed by atoms with Gasteiger partial charge in [-0.15, -0.1) is 12.4 Å². The Kier molecular flexibility index (Phi) is 11.8. The third-order valence-electron chi connectivity index (χ3n) is 8.85. The van der Waals surface area contributed by atoms with Gasteiger partial charge in [0.15, 0.2) is 5.82 Å². The van der Waals surface area contributed by atoms with E-state index in [0.717, 1.165) is 106 Å². The highest BCUT2D eigenvalue weighted by Crippen LogP contribution is 2.43. The van der Waals surface area contributed by atoms with E-state index in [-0.39, 0.29) is 23.5 Å². The lowest BCUT2D eigenvalue weighted by Crippen LogP contribution is -2.54. The van der Waals surface area contributed by atoms with Gasteiger partial charge in [0, 0.05) is 64.5 Å². The number of halogens is 1. The molecule has 1 atom stereocenters. The molecule has 1 fully saturated rings. The van der Waals surface area contributed by atoms with E-state index in [2.05, 4.69) is 73.3 Å². The summed E-state index contributed by atoms with van der Waals surface area (Å²) in [5.74, 6) is 3.60. The van der Waals surface area contributed by atoms with Crippen LogP contribution in [-0.4, -0.2) is 85.0 Å². The fourth-order valence-electron chi connectivity index (χ4n) is 6.19. The van der Waals surface area contributed by atoms with Crippen LogP contribution < -0.4 is 19.4 Å². The molecular weight excluding hydrogens is 526 g/mol. The van der Waals surface area contributed by atoms with Crippen molar-refractivity contribution in [3.63, 3.8) is 0 Å². The van der Waals surface area contributed by atoms with Gasteiger partial charge < -0.3 is 30.0 Å². The van der Waals surface area contributed by atoms with Crippen LogP contribution in [0.4, 0.5) is 17.3 Å². The first kappa shape index (κ1) is 33.8. The van der Waals surface area contributed by atoms with Gasteiger partial charge in [-0.2, -0.15) is 0 Å². The quantitative estimate of drug-likeness (QED) is 0.453. The second-order valence-electron chi connectivity index (χ2n) is 11.2. The molecule has 2 aliphatic rings. The topological polar surface area (TPSA) is 86.8 Å². The number of anilines is 3. The molecule has 1 unspecified atom stereocenters. The molecule has 1 aromatic carbocycles. The Morgan fingerprint density at radius 2 is 1.50 bits per heavy atom. The minimum absolute atomic E-state index is 0. The van der Waals surface area contributed by atoms with Crippen molar-refractivity contribution in [1.82, 2.24) is 9.88 Å². The number of aromatic hydroxyl groups is 1. The molecule has 9 heteroatoms. The van der Waals surface area contributed by atoms with Crippen LogP contribution in [0.1, 0.15) is 63.3 Å². The van der Waals surface area contributed by atoms with Crippen molar-refractivity contribution in [3.05, 3.63) is 34.4 Å². The normalized spacial score (nSPS) is 18.8. The van der Waals surface area contributed by atoms with Crippen molar-refractivity contribution in [2.75, 3.05) is 73.6 Å². The molecule has 4 rings (SSSR count). The number of fused-ring (bicyclic) bond motifs is 1. The van der Waals surface area contributed by atoms with Crippen molar-refractivity contribution in [3.8, 4) is 11.5 Å². The Morgan fingerprint density at radius 1 is 0.900 bits per heavy atom. The zero-order valence-corrected chi connectivity index (χ0v) is 26.7. The van der Waals surface area contributed by atoms with Gasteiger partial charge in [0.2, 0.25) is 0 Å². The highest BCUT2D eigenvalue weighted by molar-refractivity contribution is 5.85. The molecule has 0 saturated carbocycles. The minimum atomic E-state index is -0.227. The van der Waals surface area contributed by atoms with Crippen molar-refractivity contribution < 1.29 is 15.3 Å². The van der Waals surface area contributed by atoms with E-state index in [1.165, 1.54) is 11.3 Å². The van der Waals surface area contributed by atoms with E-state index < -0.39 is 0 Å². The van der Waals surface area contributed by atoms with Crippen LogP contribution >= 0.6 is 12.4 Å². The highest BCUT2D eigenvalue weighted by atomic mass is 35.5. The van der Waals surface area contributed by atoms with Crippen LogP contribution in [0.3, 0.4) is 0 Å². The number of rotatable bonds is 9. The summed E-state index contributed by atoms with van der Waals surface area (Å²) in [4.78, 5) is 15.0. The first-order chi connectivity index (χ1) is 18.2. The van der Waals surface area contributed by atoms with Crippen molar-refractivity contribution in [2.45, 2.75) is 73.8 Å². The zero-order chi connectivity index (χ0) is 27.6. The largest absolute Gasteiger partial charge is 0.507 e. The molecule has 8 nitrogen and oxygen atoms in total. The number of ether oxygens (including phenoxy) is 1. The first-order valence-electron chi connectivity index (χ1n) is 14.6. The summed E-state index contributed by atoms with van der Waals surface area (Å²) in [6.45, 7) is 25.9. The van der Waals surface area contributed by atoms with Crippen LogP contribution in [0.15, 0.2) is 12.1 Å². The predicted octanol–water partition coefficient (Wildman–Crippen LogP) is 4.91. The standard InChI is InChI=1S/C31H49N5O2.ClH.H2O/c1-9-34(10-2)26-13-14-27(32-30(26)35(11-3)12-4)36-19-17-33(18-20-36)21-31(8)16-15-25-24(7)28(37)22(5)23(6)29(25)38-31;;/h13-14,37H,9-12,15-21H2,1-8H3;1H;1H2. The highest BCUT2D eigenvalue weighted by Gasteiger charge is 2.37. The lowest BCUT2D eigenvalue weighted by atomic mass is 9.87. The Bertz CT molecular complexity index is 1130. The van der Waals surface area contributed by atoms with E-state index in [9.17, 15) is 5.11 Å². The molecule has 3 heterocycles. The molecule has 1 aromatic heterocycles. The number of pyridine rings is 1. The van der Waals surface area contributed by atoms with Gasteiger partial charge in [-0.25, -0.2) is 4.98 Å². The number of phenols is 1. The number of benzene rings is 1. The molecule has 0 spiro atoms. The summed E-state index contributed by atoms with van der Waals surface area (Å²) in [7, 11) is 0.